The molecule has 1 aromatic rings. The third kappa shape index (κ3) is 6.86. The molecule has 5 heteroatoms. The second-order valence-electron chi connectivity index (χ2n) is 5.20. The lowest BCUT2D eigenvalue weighted by atomic mass is 10.1. The topological polar surface area (TPSA) is 38.3 Å². The molecule has 0 spiro atoms. The van der Waals surface area contributed by atoms with Gasteiger partial charge >= 0.3 is 6.09 Å². The van der Waals surface area contributed by atoms with Crippen molar-refractivity contribution in [2.45, 2.75) is 32.8 Å². The van der Waals surface area contributed by atoms with Crippen LogP contribution in [0.3, 0.4) is 0 Å². The number of alkyl carbamates (subject to hydrolysis) is 1. The van der Waals surface area contributed by atoms with Gasteiger partial charge in [-0.1, -0.05) is 24.4 Å². The lowest BCUT2D eigenvalue weighted by Gasteiger charge is -2.19. The first-order valence-corrected chi connectivity index (χ1v) is 6.40. The van der Waals surface area contributed by atoms with E-state index in [1.807, 2.05) is 0 Å². The maximum Gasteiger partial charge on any atom is 0.407 e. The Hall–Kier alpha value is -1.49. The Morgan fingerprint density at radius 1 is 1.32 bits per heavy atom. The van der Waals surface area contributed by atoms with Gasteiger partial charge in [-0.3, -0.25) is 0 Å². The van der Waals surface area contributed by atoms with Crippen LogP contribution in [-0.2, 0) is 11.2 Å². The summed E-state index contributed by atoms with van der Waals surface area (Å²) in [6, 6.07) is 6.13. The summed E-state index contributed by atoms with van der Waals surface area (Å²) >= 11 is 5.16. The maximum atomic E-state index is 12.7. The number of carbonyl (C=O) groups is 1. The van der Waals surface area contributed by atoms with Crippen LogP contribution in [-0.4, -0.2) is 23.1 Å². The summed E-state index contributed by atoms with van der Waals surface area (Å²) in [5.74, 6) is -0.276. The van der Waals surface area contributed by atoms with Crippen molar-refractivity contribution in [3.63, 3.8) is 0 Å². The molecular weight excluding hydrogens is 265 g/mol. The van der Waals surface area contributed by atoms with E-state index in [0.29, 0.717) is 11.3 Å². The van der Waals surface area contributed by atoms with Gasteiger partial charge in [0.15, 0.2) is 0 Å². The minimum absolute atomic E-state index is 0.265. The summed E-state index contributed by atoms with van der Waals surface area (Å²) in [5.41, 5.74) is 0.389. The first-order valence-electron chi connectivity index (χ1n) is 5.99. The van der Waals surface area contributed by atoms with Crippen molar-refractivity contribution in [2.75, 3.05) is 6.54 Å². The van der Waals surface area contributed by atoms with E-state index in [1.54, 1.807) is 32.9 Å². The van der Waals surface area contributed by atoms with Crippen molar-refractivity contribution in [3.05, 3.63) is 35.6 Å². The second-order valence-corrected chi connectivity index (χ2v) is 5.77. The summed E-state index contributed by atoms with van der Waals surface area (Å²) < 4.78 is 17.8. The van der Waals surface area contributed by atoms with Crippen molar-refractivity contribution >= 4 is 23.2 Å². The van der Waals surface area contributed by atoms with Gasteiger partial charge in [-0.15, -0.1) is 0 Å². The van der Waals surface area contributed by atoms with Crippen LogP contribution in [0.1, 0.15) is 26.3 Å². The molecule has 0 aliphatic rings. The Bertz CT molecular complexity index is 452. The normalized spacial score (nSPS) is 10.9. The minimum Gasteiger partial charge on any atom is -0.444 e. The monoisotopic (exact) mass is 283 g/mol. The number of carbonyl (C=O) groups excluding carboxylic acids is 1. The highest BCUT2D eigenvalue weighted by atomic mass is 32.1. The van der Waals surface area contributed by atoms with E-state index < -0.39 is 11.7 Å². The molecule has 1 amide bonds. The first kappa shape index (κ1) is 15.6. The van der Waals surface area contributed by atoms with Gasteiger partial charge in [-0.05, 0) is 38.5 Å². The van der Waals surface area contributed by atoms with Gasteiger partial charge in [-0.2, -0.15) is 0 Å². The van der Waals surface area contributed by atoms with Crippen molar-refractivity contribution in [1.82, 2.24) is 5.32 Å². The molecule has 0 saturated heterocycles. The number of rotatable bonds is 4. The third-order valence-corrected chi connectivity index (χ3v) is 2.43. The second kappa shape index (κ2) is 6.61. The molecule has 0 unspecified atom stereocenters. The van der Waals surface area contributed by atoms with E-state index in [-0.39, 0.29) is 12.4 Å². The molecule has 3 nitrogen and oxygen atoms in total. The fourth-order valence-electron chi connectivity index (χ4n) is 1.38. The molecular formula is C14H18FNO2S. The van der Waals surface area contributed by atoms with Crippen LogP contribution in [0.2, 0.25) is 0 Å². The Labute approximate surface area is 118 Å². The minimum atomic E-state index is -0.525. The van der Waals surface area contributed by atoms with E-state index >= 15 is 0 Å². The molecule has 0 heterocycles. The van der Waals surface area contributed by atoms with E-state index in [0.717, 1.165) is 5.56 Å². The fraction of sp³-hybridized carbons (Fsp3) is 0.429. The van der Waals surface area contributed by atoms with Gasteiger partial charge in [-0.25, -0.2) is 9.18 Å². The lowest BCUT2D eigenvalue weighted by molar-refractivity contribution is 0.0536. The van der Waals surface area contributed by atoms with Gasteiger partial charge < -0.3 is 10.1 Å². The van der Waals surface area contributed by atoms with Crippen LogP contribution in [0.15, 0.2) is 24.3 Å². The number of thiocarbonyl (C=S) groups is 1. The number of ether oxygens (including phenoxy) is 1. The Morgan fingerprint density at radius 3 is 2.42 bits per heavy atom. The predicted molar refractivity (Wildman–Crippen MR) is 76.9 cm³/mol. The highest BCUT2D eigenvalue weighted by molar-refractivity contribution is 7.80. The van der Waals surface area contributed by atoms with Gasteiger partial charge in [0.2, 0.25) is 0 Å². The standard InChI is InChI=1S/C14H18FNO2S/c1-14(2,3)18-13(17)16-9-12(19)8-10-4-6-11(15)7-5-10/h4-7H,8-9H2,1-3H3,(H,16,17). The van der Waals surface area contributed by atoms with Crippen molar-refractivity contribution < 1.29 is 13.9 Å². The molecule has 0 bridgehead atoms. The van der Waals surface area contributed by atoms with Crippen molar-refractivity contribution in [3.8, 4) is 0 Å². The van der Waals surface area contributed by atoms with Crippen molar-refractivity contribution in [1.29, 1.82) is 0 Å². The largest absolute Gasteiger partial charge is 0.444 e. The molecule has 0 aromatic heterocycles. The van der Waals surface area contributed by atoms with Crippen LogP contribution in [0, 0.1) is 5.82 Å². The molecule has 0 aliphatic carbocycles. The number of hydrogen-bond acceptors (Lipinski definition) is 3. The Morgan fingerprint density at radius 2 is 1.89 bits per heavy atom. The molecule has 0 fully saturated rings. The van der Waals surface area contributed by atoms with E-state index in [1.165, 1.54) is 12.1 Å². The molecule has 19 heavy (non-hydrogen) atoms. The number of amides is 1. The van der Waals surface area contributed by atoms with E-state index in [2.05, 4.69) is 5.32 Å². The first-order chi connectivity index (χ1) is 8.76. The van der Waals surface area contributed by atoms with Crippen LogP contribution in [0.5, 0.6) is 0 Å². The predicted octanol–water partition coefficient (Wildman–Crippen LogP) is 3.26. The fourth-order valence-corrected chi connectivity index (χ4v) is 1.62. The molecule has 0 atom stereocenters. The van der Waals surface area contributed by atoms with Gasteiger partial charge in [0, 0.05) is 11.3 Å². The number of nitrogens with one attached hydrogen (secondary N) is 1. The zero-order valence-corrected chi connectivity index (χ0v) is 12.1. The van der Waals surface area contributed by atoms with Crippen LogP contribution in [0.4, 0.5) is 9.18 Å². The molecule has 0 saturated carbocycles. The average molecular weight is 283 g/mol. The quantitative estimate of drug-likeness (QED) is 0.862. The molecule has 1 aromatic carbocycles. The van der Waals surface area contributed by atoms with E-state index in [9.17, 15) is 9.18 Å². The van der Waals surface area contributed by atoms with Crippen LogP contribution >= 0.6 is 12.2 Å². The maximum absolute atomic E-state index is 12.7. The van der Waals surface area contributed by atoms with Crippen LogP contribution < -0.4 is 5.32 Å². The molecule has 1 rings (SSSR count). The lowest BCUT2D eigenvalue weighted by Crippen LogP contribution is -2.35. The summed E-state index contributed by atoms with van der Waals surface area (Å²) in [5, 5.41) is 2.59. The number of hydrogen-bond donors (Lipinski definition) is 1. The summed E-state index contributed by atoms with van der Waals surface area (Å²) in [7, 11) is 0. The van der Waals surface area contributed by atoms with Gasteiger partial charge in [0.05, 0.1) is 6.54 Å². The van der Waals surface area contributed by atoms with Gasteiger partial charge in [0.1, 0.15) is 11.4 Å². The number of benzene rings is 1. The summed E-state index contributed by atoms with van der Waals surface area (Å²) in [6.07, 6.45) is 0.0275. The van der Waals surface area contributed by atoms with Crippen LogP contribution in [0.25, 0.3) is 0 Å². The van der Waals surface area contributed by atoms with Crippen molar-refractivity contribution in [2.24, 2.45) is 0 Å². The van der Waals surface area contributed by atoms with Gasteiger partial charge in [0.25, 0.3) is 0 Å². The summed E-state index contributed by atoms with van der Waals surface area (Å²) in [6.45, 7) is 5.65. The van der Waals surface area contributed by atoms with E-state index in [4.69, 9.17) is 17.0 Å². The third-order valence-electron chi connectivity index (χ3n) is 2.14. The zero-order valence-electron chi connectivity index (χ0n) is 11.3. The SMILES string of the molecule is CC(C)(C)OC(=O)NCC(=S)Cc1ccc(F)cc1. The number of halogens is 1. The highest BCUT2D eigenvalue weighted by Crippen LogP contribution is 2.07. The molecule has 0 aliphatic heterocycles. The average Bonchev–Trinajstić information content (AvgIpc) is 2.27. The Kier molecular flexibility index (Phi) is 5.42. The zero-order chi connectivity index (χ0) is 14.5. The Balaban J connectivity index is 2.36. The smallest absolute Gasteiger partial charge is 0.407 e. The molecule has 1 N–H and O–H groups in total. The highest BCUT2D eigenvalue weighted by Gasteiger charge is 2.15. The summed E-state index contributed by atoms with van der Waals surface area (Å²) in [4.78, 5) is 12.1. The molecule has 104 valence electrons. The molecule has 0 radical (unpaired) electrons.